The summed E-state index contributed by atoms with van der Waals surface area (Å²) in [5.41, 5.74) is 1.84. The molecule has 1 amide bonds. The lowest BCUT2D eigenvalue weighted by Crippen LogP contribution is -2.30. The second kappa shape index (κ2) is 7.72. The average molecular weight is 380 g/mol. The van der Waals surface area contributed by atoms with E-state index in [1.165, 1.54) is 11.8 Å². The third-order valence-corrected chi connectivity index (χ3v) is 5.76. The van der Waals surface area contributed by atoms with Crippen molar-refractivity contribution in [2.24, 2.45) is 0 Å². The smallest absolute Gasteiger partial charge is 0.231 e. The van der Waals surface area contributed by atoms with E-state index in [1.807, 2.05) is 76.6 Å². The van der Waals surface area contributed by atoms with Crippen LogP contribution in [-0.4, -0.2) is 26.3 Å². The van der Waals surface area contributed by atoms with Gasteiger partial charge < -0.3 is 5.32 Å². The van der Waals surface area contributed by atoms with Crippen molar-refractivity contribution in [2.75, 3.05) is 5.75 Å². The fourth-order valence-electron chi connectivity index (χ4n) is 2.67. The number of thioether (sulfide) groups is 1. The molecule has 1 N–H and O–H groups in total. The number of thiophene rings is 1. The molecule has 0 spiro atoms. The van der Waals surface area contributed by atoms with Crippen LogP contribution in [0.1, 0.15) is 16.5 Å². The highest BCUT2D eigenvalue weighted by atomic mass is 32.2. The van der Waals surface area contributed by atoms with Gasteiger partial charge in [0.25, 0.3) is 0 Å². The van der Waals surface area contributed by atoms with Crippen LogP contribution >= 0.6 is 23.1 Å². The Kier molecular flexibility index (Phi) is 4.99. The topological polar surface area (TPSA) is 59.3 Å². The number of hydrogen-bond donors (Lipinski definition) is 1. The number of hydrogen-bond acceptors (Lipinski definition) is 5. The van der Waals surface area contributed by atoms with E-state index >= 15 is 0 Å². The molecule has 0 fully saturated rings. The van der Waals surface area contributed by atoms with Crippen LogP contribution in [0.25, 0.3) is 5.65 Å². The predicted octanol–water partition coefficient (Wildman–Crippen LogP) is 3.79. The first-order chi connectivity index (χ1) is 12.8. The Morgan fingerprint density at radius 2 is 1.92 bits per heavy atom. The molecule has 4 rings (SSSR count). The van der Waals surface area contributed by atoms with Crippen molar-refractivity contribution in [1.29, 1.82) is 0 Å². The molecule has 130 valence electrons. The summed E-state index contributed by atoms with van der Waals surface area (Å²) in [6.45, 7) is 0. The van der Waals surface area contributed by atoms with Crippen molar-refractivity contribution in [3.63, 3.8) is 0 Å². The van der Waals surface area contributed by atoms with Crippen LogP contribution in [0.5, 0.6) is 0 Å². The highest BCUT2D eigenvalue weighted by Gasteiger charge is 2.18. The van der Waals surface area contributed by atoms with Gasteiger partial charge in [0.2, 0.25) is 5.91 Å². The maximum Gasteiger partial charge on any atom is 0.231 e. The van der Waals surface area contributed by atoms with Crippen LogP contribution in [-0.2, 0) is 4.79 Å². The molecule has 0 saturated heterocycles. The van der Waals surface area contributed by atoms with Crippen molar-refractivity contribution in [1.82, 2.24) is 19.9 Å². The van der Waals surface area contributed by atoms with E-state index in [9.17, 15) is 4.79 Å². The normalized spacial score (nSPS) is 12.2. The highest BCUT2D eigenvalue weighted by molar-refractivity contribution is 7.99. The monoisotopic (exact) mass is 380 g/mol. The van der Waals surface area contributed by atoms with Crippen LogP contribution < -0.4 is 5.32 Å². The van der Waals surface area contributed by atoms with Crippen LogP contribution in [0, 0.1) is 0 Å². The lowest BCUT2D eigenvalue weighted by molar-refractivity contribution is -0.119. The zero-order valence-corrected chi connectivity index (χ0v) is 15.4. The predicted molar refractivity (Wildman–Crippen MR) is 104 cm³/mol. The third-order valence-electron chi connectivity index (χ3n) is 3.88. The van der Waals surface area contributed by atoms with Crippen molar-refractivity contribution in [3.05, 3.63) is 82.7 Å². The summed E-state index contributed by atoms with van der Waals surface area (Å²) in [6.07, 6.45) is 1.90. The molecular weight excluding hydrogens is 364 g/mol. The van der Waals surface area contributed by atoms with Gasteiger partial charge in [0.1, 0.15) is 0 Å². The van der Waals surface area contributed by atoms with Gasteiger partial charge in [0, 0.05) is 11.1 Å². The fraction of sp³-hybridized carbons (Fsp3) is 0.105. The van der Waals surface area contributed by atoms with Gasteiger partial charge in [-0.3, -0.25) is 9.20 Å². The van der Waals surface area contributed by atoms with E-state index in [0.717, 1.165) is 16.1 Å². The van der Waals surface area contributed by atoms with Gasteiger partial charge in [-0.2, -0.15) is 0 Å². The molecule has 26 heavy (non-hydrogen) atoms. The van der Waals surface area contributed by atoms with Gasteiger partial charge in [0.05, 0.1) is 11.8 Å². The molecule has 0 aliphatic rings. The minimum absolute atomic E-state index is 0.0371. The second-order valence-corrected chi connectivity index (χ2v) is 7.55. The Morgan fingerprint density at radius 1 is 1.08 bits per heavy atom. The van der Waals surface area contributed by atoms with Crippen molar-refractivity contribution in [3.8, 4) is 0 Å². The highest BCUT2D eigenvalue weighted by Crippen LogP contribution is 2.26. The molecule has 4 aromatic rings. The summed E-state index contributed by atoms with van der Waals surface area (Å²) >= 11 is 3.02. The van der Waals surface area contributed by atoms with Crippen LogP contribution in [0.4, 0.5) is 0 Å². The van der Waals surface area contributed by atoms with Gasteiger partial charge in [0.15, 0.2) is 10.8 Å². The molecule has 0 saturated carbocycles. The van der Waals surface area contributed by atoms with Crippen LogP contribution in [0.15, 0.2) is 77.4 Å². The van der Waals surface area contributed by atoms with E-state index in [0.29, 0.717) is 5.16 Å². The molecule has 1 atom stereocenters. The number of nitrogens with one attached hydrogen (secondary N) is 1. The summed E-state index contributed by atoms with van der Waals surface area (Å²) in [7, 11) is 0. The van der Waals surface area contributed by atoms with Crippen LogP contribution in [0.2, 0.25) is 0 Å². The fourth-order valence-corrected chi connectivity index (χ4v) is 4.21. The summed E-state index contributed by atoms with van der Waals surface area (Å²) in [4.78, 5) is 13.7. The van der Waals surface area contributed by atoms with E-state index in [1.54, 1.807) is 11.3 Å². The SMILES string of the molecule is O=C(CSc1nnc2ccccn12)NC(c1ccccc1)c1cccs1. The standard InChI is InChI=1S/C19H16N4OS2/c24-17(13-26-19-22-21-16-10-4-5-11-23(16)19)20-18(15-9-6-12-25-15)14-7-2-1-3-8-14/h1-12,18H,13H2,(H,20,24). The molecule has 3 heterocycles. The zero-order chi connectivity index (χ0) is 17.8. The maximum absolute atomic E-state index is 12.6. The van der Waals surface area contributed by atoms with Gasteiger partial charge >= 0.3 is 0 Å². The number of pyridine rings is 1. The number of rotatable bonds is 6. The van der Waals surface area contributed by atoms with Crippen molar-refractivity contribution in [2.45, 2.75) is 11.2 Å². The van der Waals surface area contributed by atoms with E-state index in [2.05, 4.69) is 15.5 Å². The lowest BCUT2D eigenvalue weighted by Gasteiger charge is -2.18. The first-order valence-electron chi connectivity index (χ1n) is 8.11. The zero-order valence-electron chi connectivity index (χ0n) is 13.8. The Labute approximate surface area is 159 Å². The van der Waals surface area contributed by atoms with E-state index in [-0.39, 0.29) is 17.7 Å². The maximum atomic E-state index is 12.6. The summed E-state index contributed by atoms with van der Waals surface area (Å²) in [6, 6.07) is 19.6. The van der Waals surface area contributed by atoms with Crippen molar-refractivity contribution < 1.29 is 4.79 Å². The first-order valence-corrected chi connectivity index (χ1v) is 9.98. The number of nitrogens with zero attached hydrogens (tertiary/aromatic N) is 3. The number of carbonyl (C=O) groups is 1. The van der Waals surface area contributed by atoms with Gasteiger partial charge in [-0.1, -0.05) is 54.2 Å². The van der Waals surface area contributed by atoms with E-state index in [4.69, 9.17) is 0 Å². The number of carbonyl (C=O) groups excluding carboxylic acids is 1. The number of benzene rings is 1. The number of aromatic nitrogens is 3. The summed E-state index contributed by atoms with van der Waals surface area (Å²) < 4.78 is 1.88. The van der Waals surface area contributed by atoms with Gasteiger partial charge in [-0.15, -0.1) is 21.5 Å². The molecule has 0 radical (unpaired) electrons. The Balaban J connectivity index is 1.47. The quantitative estimate of drug-likeness (QED) is 0.517. The molecule has 3 aromatic heterocycles. The minimum atomic E-state index is -0.139. The molecule has 5 nitrogen and oxygen atoms in total. The lowest BCUT2D eigenvalue weighted by atomic mass is 10.1. The average Bonchev–Trinajstić information content (AvgIpc) is 3.35. The minimum Gasteiger partial charge on any atom is -0.344 e. The summed E-state index contributed by atoms with van der Waals surface area (Å²) in [5.74, 6) is 0.245. The molecule has 7 heteroatoms. The Hall–Kier alpha value is -2.64. The molecule has 0 aliphatic heterocycles. The third kappa shape index (κ3) is 3.63. The molecule has 1 unspecified atom stereocenters. The molecular formula is C19H16N4OS2. The first kappa shape index (κ1) is 16.8. The second-order valence-electron chi connectivity index (χ2n) is 5.63. The van der Waals surface area contributed by atoms with Crippen molar-refractivity contribution >= 4 is 34.7 Å². The number of fused-ring (bicyclic) bond motifs is 1. The Bertz CT molecular complexity index is 999. The molecule has 1 aromatic carbocycles. The Morgan fingerprint density at radius 3 is 2.73 bits per heavy atom. The molecule has 0 aliphatic carbocycles. The summed E-state index contributed by atoms with van der Waals surface area (Å²) in [5, 5.41) is 14.1. The molecule has 0 bridgehead atoms. The van der Waals surface area contributed by atoms with Crippen LogP contribution in [0.3, 0.4) is 0 Å². The number of amides is 1. The largest absolute Gasteiger partial charge is 0.344 e. The van der Waals surface area contributed by atoms with Gasteiger partial charge in [-0.05, 0) is 29.1 Å². The van der Waals surface area contributed by atoms with E-state index < -0.39 is 0 Å². The van der Waals surface area contributed by atoms with Gasteiger partial charge in [-0.25, -0.2) is 0 Å².